The normalized spacial score (nSPS) is 12.6. The van der Waals surface area contributed by atoms with E-state index in [-0.39, 0.29) is 18.2 Å². The van der Waals surface area contributed by atoms with Crippen LogP contribution in [0.15, 0.2) is 42.7 Å². The highest BCUT2D eigenvalue weighted by Gasteiger charge is 2.27. The van der Waals surface area contributed by atoms with Crippen molar-refractivity contribution in [3.05, 3.63) is 53.9 Å². The minimum Gasteiger partial charge on any atom is -0.387 e. The van der Waals surface area contributed by atoms with Gasteiger partial charge in [-0.1, -0.05) is 12.1 Å². The largest absolute Gasteiger partial charge is 0.387 e. The summed E-state index contributed by atoms with van der Waals surface area (Å²) in [7, 11) is 0. The molecule has 0 aliphatic heterocycles. The van der Waals surface area contributed by atoms with Crippen LogP contribution >= 0.6 is 0 Å². The molecule has 0 bridgehead atoms. The lowest BCUT2D eigenvalue weighted by molar-refractivity contribution is -0.00177. The van der Waals surface area contributed by atoms with Crippen molar-refractivity contribution in [2.75, 3.05) is 11.9 Å². The van der Waals surface area contributed by atoms with Gasteiger partial charge in [0.25, 0.3) is 5.91 Å². The van der Waals surface area contributed by atoms with Gasteiger partial charge >= 0.3 is 0 Å². The standard InChI is InChI=1S/C23H26FN5O2/c1-14(2)28-21-18(22(30)26-12-20(24)23(3,4)31)11-27-29-13-17(9-19(21)29)16-7-5-15(10-25)6-8-16/h5-9,11,13-14,20,28,31H,12H2,1-4H3,(H,26,30). The molecule has 8 heteroatoms. The first kappa shape index (κ1) is 22.2. The highest BCUT2D eigenvalue weighted by atomic mass is 19.1. The molecule has 2 heterocycles. The van der Waals surface area contributed by atoms with Crippen molar-refractivity contribution in [1.82, 2.24) is 14.9 Å². The third-order valence-electron chi connectivity index (χ3n) is 4.87. The van der Waals surface area contributed by atoms with Crippen LogP contribution in [0.3, 0.4) is 0 Å². The smallest absolute Gasteiger partial charge is 0.255 e. The molecule has 1 atom stereocenters. The summed E-state index contributed by atoms with van der Waals surface area (Å²) in [5, 5.41) is 28.9. The SMILES string of the molecule is CC(C)Nc1c(C(=O)NCC(F)C(C)(C)O)cnn2cc(-c3ccc(C#N)cc3)cc12. The molecule has 0 spiro atoms. The van der Waals surface area contributed by atoms with E-state index in [1.165, 1.54) is 20.0 Å². The molecule has 7 nitrogen and oxygen atoms in total. The van der Waals surface area contributed by atoms with Crippen molar-refractivity contribution in [3.63, 3.8) is 0 Å². The highest BCUT2D eigenvalue weighted by Crippen LogP contribution is 2.29. The monoisotopic (exact) mass is 423 g/mol. The van der Waals surface area contributed by atoms with E-state index in [1.54, 1.807) is 16.6 Å². The number of nitriles is 1. The number of fused-ring (bicyclic) bond motifs is 1. The van der Waals surface area contributed by atoms with Gasteiger partial charge in [-0.25, -0.2) is 8.91 Å². The molecular weight excluding hydrogens is 397 g/mol. The molecule has 1 amide bonds. The van der Waals surface area contributed by atoms with Gasteiger partial charge < -0.3 is 15.7 Å². The number of amides is 1. The highest BCUT2D eigenvalue weighted by molar-refractivity contribution is 6.03. The van der Waals surface area contributed by atoms with E-state index in [4.69, 9.17) is 5.26 Å². The van der Waals surface area contributed by atoms with Gasteiger partial charge in [-0.15, -0.1) is 0 Å². The second-order valence-corrected chi connectivity index (χ2v) is 8.31. The lowest BCUT2D eigenvalue weighted by Gasteiger charge is -2.23. The molecule has 0 aliphatic rings. The molecule has 0 saturated carbocycles. The summed E-state index contributed by atoms with van der Waals surface area (Å²) in [6, 6.07) is 11.2. The van der Waals surface area contributed by atoms with Crippen LogP contribution in [0.25, 0.3) is 16.6 Å². The zero-order chi connectivity index (χ0) is 22.8. The topological polar surface area (TPSA) is 102 Å². The number of alkyl halides is 1. The molecule has 0 radical (unpaired) electrons. The molecule has 1 aromatic carbocycles. The van der Waals surface area contributed by atoms with Crippen LogP contribution in [0.2, 0.25) is 0 Å². The zero-order valence-electron chi connectivity index (χ0n) is 18.0. The van der Waals surface area contributed by atoms with E-state index in [1.807, 2.05) is 38.2 Å². The fraction of sp³-hybridized carbons (Fsp3) is 0.348. The summed E-state index contributed by atoms with van der Waals surface area (Å²) in [6.07, 6.45) is 1.67. The fourth-order valence-corrected chi connectivity index (χ4v) is 3.09. The number of hydrogen-bond donors (Lipinski definition) is 3. The molecule has 0 fully saturated rings. The van der Waals surface area contributed by atoms with Crippen molar-refractivity contribution in [1.29, 1.82) is 5.26 Å². The number of nitrogens with zero attached hydrogens (tertiary/aromatic N) is 3. The van der Waals surface area contributed by atoms with Gasteiger partial charge in [0.05, 0.1) is 46.7 Å². The fourth-order valence-electron chi connectivity index (χ4n) is 3.09. The Bertz CT molecular complexity index is 1120. The van der Waals surface area contributed by atoms with Crippen LogP contribution in [-0.2, 0) is 0 Å². The Morgan fingerprint density at radius 1 is 1.29 bits per heavy atom. The van der Waals surface area contributed by atoms with Crippen molar-refractivity contribution in [2.45, 2.75) is 45.5 Å². The maximum absolute atomic E-state index is 14.1. The number of benzene rings is 1. The number of hydrogen-bond acceptors (Lipinski definition) is 5. The first-order valence-corrected chi connectivity index (χ1v) is 10.0. The number of aromatic nitrogens is 2. The van der Waals surface area contributed by atoms with E-state index in [2.05, 4.69) is 21.8 Å². The van der Waals surface area contributed by atoms with E-state index in [9.17, 15) is 14.3 Å². The number of carbonyl (C=O) groups is 1. The van der Waals surface area contributed by atoms with Gasteiger partial charge in [-0.3, -0.25) is 4.79 Å². The van der Waals surface area contributed by atoms with Gasteiger partial charge in [0.2, 0.25) is 0 Å². The number of nitrogens with one attached hydrogen (secondary N) is 2. The Morgan fingerprint density at radius 3 is 2.55 bits per heavy atom. The molecule has 2 aromatic heterocycles. The maximum Gasteiger partial charge on any atom is 0.255 e. The lowest BCUT2D eigenvalue weighted by Crippen LogP contribution is -2.42. The summed E-state index contributed by atoms with van der Waals surface area (Å²) >= 11 is 0. The average molecular weight is 423 g/mol. The van der Waals surface area contributed by atoms with Gasteiger partial charge in [0.15, 0.2) is 0 Å². The van der Waals surface area contributed by atoms with E-state index >= 15 is 0 Å². The Labute approximate surface area is 180 Å². The van der Waals surface area contributed by atoms with Crippen molar-refractivity contribution < 1.29 is 14.3 Å². The minimum atomic E-state index is -1.61. The number of rotatable bonds is 7. The van der Waals surface area contributed by atoms with Gasteiger partial charge in [0.1, 0.15) is 6.17 Å². The van der Waals surface area contributed by atoms with Gasteiger partial charge in [-0.05, 0) is 51.5 Å². The third kappa shape index (κ3) is 5.01. The molecule has 3 N–H and O–H groups in total. The van der Waals surface area contributed by atoms with Crippen molar-refractivity contribution in [3.8, 4) is 17.2 Å². The number of anilines is 1. The van der Waals surface area contributed by atoms with E-state index in [0.29, 0.717) is 16.8 Å². The van der Waals surface area contributed by atoms with Gasteiger partial charge in [-0.2, -0.15) is 10.4 Å². The maximum atomic E-state index is 14.1. The summed E-state index contributed by atoms with van der Waals surface area (Å²) < 4.78 is 15.7. The molecule has 31 heavy (non-hydrogen) atoms. The van der Waals surface area contributed by atoms with Crippen LogP contribution in [0.5, 0.6) is 0 Å². The summed E-state index contributed by atoms with van der Waals surface area (Å²) in [5.74, 6) is -0.480. The van der Waals surface area contributed by atoms with Crippen molar-refractivity contribution in [2.24, 2.45) is 0 Å². The Kier molecular flexibility index (Phi) is 6.27. The van der Waals surface area contributed by atoms with Gasteiger partial charge in [0, 0.05) is 17.8 Å². The number of halogens is 1. The van der Waals surface area contributed by atoms with Crippen LogP contribution in [0, 0.1) is 11.3 Å². The quantitative estimate of drug-likeness (QED) is 0.540. The van der Waals surface area contributed by atoms with E-state index < -0.39 is 17.7 Å². The van der Waals surface area contributed by atoms with Crippen LogP contribution in [-0.4, -0.2) is 45.0 Å². The van der Waals surface area contributed by atoms with Crippen LogP contribution in [0.1, 0.15) is 43.6 Å². The molecule has 3 rings (SSSR count). The van der Waals surface area contributed by atoms with E-state index in [0.717, 1.165) is 11.1 Å². The molecule has 3 aromatic rings. The molecule has 0 aliphatic carbocycles. The Balaban J connectivity index is 1.98. The average Bonchev–Trinajstić information content (AvgIpc) is 3.15. The first-order valence-electron chi connectivity index (χ1n) is 10.0. The Hall–Kier alpha value is -3.44. The summed E-state index contributed by atoms with van der Waals surface area (Å²) in [5.41, 5.74) is 2.38. The van der Waals surface area contributed by atoms with Crippen molar-refractivity contribution >= 4 is 17.1 Å². The Morgan fingerprint density at radius 2 is 1.97 bits per heavy atom. The predicted molar refractivity (Wildman–Crippen MR) is 118 cm³/mol. The summed E-state index contributed by atoms with van der Waals surface area (Å²) in [6.45, 7) is 6.30. The predicted octanol–water partition coefficient (Wildman–Crippen LogP) is 3.53. The van der Waals surface area contributed by atoms with Crippen LogP contribution < -0.4 is 10.6 Å². The second kappa shape index (κ2) is 8.74. The third-order valence-corrected chi connectivity index (χ3v) is 4.87. The molecule has 162 valence electrons. The van der Waals surface area contributed by atoms with Crippen LogP contribution in [0.4, 0.5) is 10.1 Å². The molecule has 1 unspecified atom stereocenters. The number of aliphatic hydroxyl groups is 1. The zero-order valence-corrected chi connectivity index (χ0v) is 18.0. The second-order valence-electron chi connectivity index (χ2n) is 8.31. The molecular formula is C23H26FN5O2. The number of carbonyl (C=O) groups excluding carboxylic acids is 1. The molecule has 0 saturated heterocycles. The minimum absolute atomic E-state index is 0.0383. The lowest BCUT2D eigenvalue weighted by atomic mass is 10.0. The summed E-state index contributed by atoms with van der Waals surface area (Å²) in [4.78, 5) is 12.8. The first-order chi connectivity index (χ1) is 14.6.